The summed E-state index contributed by atoms with van der Waals surface area (Å²) >= 11 is 6.09. The van der Waals surface area contributed by atoms with Gasteiger partial charge >= 0.3 is 0 Å². The molecule has 1 saturated heterocycles. The summed E-state index contributed by atoms with van der Waals surface area (Å²) in [5.74, 6) is 0.321. The number of nitrogens with one attached hydrogen (secondary N) is 1. The lowest BCUT2D eigenvalue weighted by molar-refractivity contribution is 0.117. The van der Waals surface area contributed by atoms with Crippen molar-refractivity contribution in [3.05, 3.63) is 34.6 Å². The van der Waals surface area contributed by atoms with Crippen molar-refractivity contribution in [2.75, 3.05) is 19.6 Å². The van der Waals surface area contributed by atoms with Crippen LogP contribution in [0.3, 0.4) is 0 Å². The molecular formula is C14H20ClFN2. The van der Waals surface area contributed by atoms with Crippen molar-refractivity contribution in [2.24, 2.45) is 5.92 Å². The number of rotatable bonds is 3. The molecule has 4 heteroatoms. The van der Waals surface area contributed by atoms with Crippen LogP contribution in [-0.2, 0) is 6.54 Å². The monoisotopic (exact) mass is 270 g/mol. The summed E-state index contributed by atoms with van der Waals surface area (Å²) in [6.45, 7) is 8.28. The van der Waals surface area contributed by atoms with E-state index < -0.39 is 0 Å². The lowest BCUT2D eigenvalue weighted by Crippen LogP contribution is -2.52. The second-order valence-corrected chi connectivity index (χ2v) is 5.63. The van der Waals surface area contributed by atoms with Gasteiger partial charge in [-0.2, -0.15) is 0 Å². The minimum absolute atomic E-state index is 0.274. The van der Waals surface area contributed by atoms with Crippen LogP contribution in [0.25, 0.3) is 0 Å². The summed E-state index contributed by atoms with van der Waals surface area (Å²) in [6.07, 6.45) is 0. The number of halogens is 2. The Hall–Kier alpha value is -0.640. The standard InChI is InChI=1S/C14H20ClFN2/c1-10(2)14-8-17-5-6-18(14)9-11-3-4-12(16)7-13(11)15/h3-4,7,10,14,17H,5-6,8-9H2,1-2H3. The van der Waals surface area contributed by atoms with E-state index in [0.29, 0.717) is 17.0 Å². The largest absolute Gasteiger partial charge is 0.314 e. The first-order chi connectivity index (χ1) is 8.58. The van der Waals surface area contributed by atoms with Crippen molar-refractivity contribution in [1.29, 1.82) is 0 Å². The molecule has 0 saturated carbocycles. The molecule has 0 bridgehead atoms. The molecule has 2 nitrogen and oxygen atoms in total. The summed E-state index contributed by atoms with van der Waals surface area (Å²) in [6, 6.07) is 5.17. The van der Waals surface area contributed by atoms with E-state index in [1.807, 2.05) is 0 Å². The molecule has 1 aliphatic heterocycles. The second-order valence-electron chi connectivity index (χ2n) is 5.22. The van der Waals surface area contributed by atoms with Gasteiger partial charge in [0, 0.05) is 37.2 Å². The van der Waals surface area contributed by atoms with Gasteiger partial charge in [-0.15, -0.1) is 0 Å². The van der Waals surface area contributed by atoms with E-state index in [-0.39, 0.29) is 5.82 Å². The molecule has 100 valence electrons. The summed E-state index contributed by atoms with van der Waals surface area (Å²) < 4.78 is 13.0. The average Bonchev–Trinajstić information content (AvgIpc) is 2.33. The molecule has 0 spiro atoms. The van der Waals surface area contributed by atoms with Gasteiger partial charge in [0.05, 0.1) is 0 Å². The molecule has 18 heavy (non-hydrogen) atoms. The number of benzene rings is 1. The van der Waals surface area contributed by atoms with Crippen molar-refractivity contribution >= 4 is 11.6 Å². The van der Waals surface area contributed by atoms with Crippen molar-refractivity contribution in [3.8, 4) is 0 Å². The highest BCUT2D eigenvalue weighted by atomic mass is 35.5. The Kier molecular flexibility index (Phi) is 4.60. The molecule has 0 amide bonds. The van der Waals surface area contributed by atoms with Gasteiger partial charge in [-0.05, 0) is 23.6 Å². The molecule has 1 heterocycles. The lowest BCUT2D eigenvalue weighted by atomic mass is 10.00. The van der Waals surface area contributed by atoms with Gasteiger partial charge in [0.1, 0.15) is 5.82 Å². The van der Waals surface area contributed by atoms with Crippen LogP contribution in [0.4, 0.5) is 4.39 Å². The zero-order valence-electron chi connectivity index (χ0n) is 10.9. The van der Waals surface area contributed by atoms with E-state index in [2.05, 4.69) is 24.1 Å². The average molecular weight is 271 g/mol. The van der Waals surface area contributed by atoms with Crippen molar-refractivity contribution in [3.63, 3.8) is 0 Å². The predicted molar refractivity (Wildman–Crippen MR) is 73.3 cm³/mol. The molecule has 1 atom stereocenters. The zero-order valence-corrected chi connectivity index (χ0v) is 11.7. The Morgan fingerprint density at radius 3 is 2.94 bits per heavy atom. The molecule has 2 rings (SSSR count). The van der Waals surface area contributed by atoms with Crippen LogP contribution in [0.1, 0.15) is 19.4 Å². The second kappa shape index (κ2) is 6.00. The number of piperazine rings is 1. The molecule has 0 aromatic heterocycles. The van der Waals surface area contributed by atoms with Crippen LogP contribution in [0.15, 0.2) is 18.2 Å². The van der Waals surface area contributed by atoms with E-state index >= 15 is 0 Å². The first kappa shape index (κ1) is 13.8. The number of nitrogens with zero attached hydrogens (tertiary/aromatic N) is 1. The Balaban J connectivity index is 2.11. The van der Waals surface area contributed by atoms with E-state index in [9.17, 15) is 4.39 Å². The van der Waals surface area contributed by atoms with Crippen LogP contribution in [0.5, 0.6) is 0 Å². The van der Waals surface area contributed by atoms with Crippen molar-refractivity contribution in [2.45, 2.75) is 26.4 Å². The molecule has 1 fully saturated rings. The fraction of sp³-hybridized carbons (Fsp3) is 0.571. The maximum atomic E-state index is 13.0. The van der Waals surface area contributed by atoms with Gasteiger partial charge in [0.2, 0.25) is 0 Å². The predicted octanol–water partition coefficient (Wildman–Crippen LogP) is 2.91. The van der Waals surface area contributed by atoms with Crippen LogP contribution in [0.2, 0.25) is 5.02 Å². The maximum Gasteiger partial charge on any atom is 0.124 e. The Morgan fingerprint density at radius 1 is 1.50 bits per heavy atom. The minimum Gasteiger partial charge on any atom is -0.314 e. The number of hydrogen-bond donors (Lipinski definition) is 1. The van der Waals surface area contributed by atoms with Gasteiger partial charge in [-0.3, -0.25) is 4.90 Å². The lowest BCUT2D eigenvalue weighted by Gasteiger charge is -2.38. The molecule has 1 aliphatic rings. The normalized spacial score (nSPS) is 21.5. The van der Waals surface area contributed by atoms with E-state index in [1.54, 1.807) is 6.07 Å². The Morgan fingerprint density at radius 2 is 2.28 bits per heavy atom. The van der Waals surface area contributed by atoms with Gasteiger partial charge in [0.25, 0.3) is 0 Å². The Bertz CT molecular complexity index is 409. The van der Waals surface area contributed by atoms with Crippen molar-refractivity contribution < 1.29 is 4.39 Å². The minimum atomic E-state index is -0.274. The fourth-order valence-corrected chi connectivity index (χ4v) is 2.72. The van der Waals surface area contributed by atoms with Gasteiger partial charge in [-0.1, -0.05) is 31.5 Å². The first-order valence-electron chi connectivity index (χ1n) is 6.46. The van der Waals surface area contributed by atoms with Crippen LogP contribution in [0, 0.1) is 11.7 Å². The van der Waals surface area contributed by atoms with E-state index in [1.165, 1.54) is 12.1 Å². The topological polar surface area (TPSA) is 15.3 Å². The number of hydrogen-bond acceptors (Lipinski definition) is 2. The zero-order chi connectivity index (χ0) is 13.1. The smallest absolute Gasteiger partial charge is 0.124 e. The molecule has 1 aromatic carbocycles. The highest BCUT2D eigenvalue weighted by Crippen LogP contribution is 2.22. The maximum absolute atomic E-state index is 13.0. The third-order valence-electron chi connectivity index (χ3n) is 3.56. The van der Waals surface area contributed by atoms with Gasteiger partial charge in [0.15, 0.2) is 0 Å². The summed E-state index contributed by atoms with van der Waals surface area (Å²) in [4.78, 5) is 2.43. The summed E-state index contributed by atoms with van der Waals surface area (Å²) in [5.41, 5.74) is 1.01. The van der Waals surface area contributed by atoms with Crippen LogP contribution >= 0.6 is 11.6 Å². The quantitative estimate of drug-likeness (QED) is 0.909. The van der Waals surface area contributed by atoms with E-state index in [0.717, 1.165) is 31.7 Å². The SMILES string of the molecule is CC(C)C1CNCCN1Cc1ccc(F)cc1Cl. The molecule has 0 radical (unpaired) electrons. The summed E-state index contributed by atoms with van der Waals surface area (Å²) in [5, 5.41) is 3.95. The molecular weight excluding hydrogens is 251 g/mol. The van der Waals surface area contributed by atoms with Gasteiger partial charge in [-0.25, -0.2) is 4.39 Å². The molecule has 1 aromatic rings. The summed E-state index contributed by atoms with van der Waals surface area (Å²) in [7, 11) is 0. The third kappa shape index (κ3) is 3.22. The first-order valence-corrected chi connectivity index (χ1v) is 6.84. The Labute approximate surface area is 113 Å². The van der Waals surface area contributed by atoms with Crippen molar-refractivity contribution in [1.82, 2.24) is 10.2 Å². The highest BCUT2D eigenvalue weighted by Gasteiger charge is 2.25. The molecule has 0 aliphatic carbocycles. The van der Waals surface area contributed by atoms with Crippen LogP contribution in [-0.4, -0.2) is 30.6 Å². The van der Waals surface area contributed by atoms with E-state index in [4.69, 9.17) is 11.6 Å². The third-order valence-corrected chi connectivity index (χ3v) is 3.91. The molecule has 1 N–H and O–H groups in total. The highest BCUT2D eigenvalue weighted by molar-refractivity contribution is 6.31. The van der Waals surface area contributed by atoms with Gasteiger partial charge < -0.3 is 5.32 Å². The molecule has 1 unspecified atom stereocenters. The fourth-order valence-electron chi connectivity index (χ4n) is 2.49. The van der Waals surface area contributed by atoms with Crippen LogP contribution < -0.4 is 5.32 Å².